The van der Waals surface area contributed by atoms with Crippen LogP contribution in [0.5, 0.6) is 0 Å². The lowest BCUT2D eigenvalue weighted by atomic mass is 9.93. The maximum absolute atomic E-state index is 12.8. The van der Waals surface area contributed by atoms with Crippen molar-refractivity contribution in [1.82, 2.24) is 9.21 Å². The van der Waals surface area contributed by atoms with E-state index >= 15 is 0 Å². The van der Waals surface area contributed by atoms with Crippen LogP contribution in [0.25, 0.3) is 0 Å². The van der Waals surface area contributed by atoms with Gasteiger partial charge in [0.1, 0.15) is 0 Å². The van der Waals surface area contributed by atoms with Gasteiger partial charge < -0.3 is 10.6 Å². The number of sulfonamides is 1. The fourth-order valence-electron chi connectivity index (χ4n) is 3.30. The molecule has 7 nitrogen and oxygen atoms in total. The summed E-state index contributed by atoms with van der Waals surface area (Å²) in [6.45, 7) is 4.74. The van der Waals surface area contributed by atoms with Gasteiger partial charge in [0.15, 0.2) is 0 Å². The summed E-state index contributed by atoms with van der Waals surface area (Å²) in [6.07, 6.45) is 2.78. The standard InChI is InChI=1S/C19H29N3O4S/c1-14-6-8-17(11-15(14)2)27(25,26)21(3)13-19(24)22-10-4-5-16(12-22)7-9-18(20)23/h6,8,11,16H,4-5,7,9-10,12-13H2,1-3H3,(H2,20,23). The molecular formula is C19H29N3O4S. The highest BCUT2D eigenvalue weighted by Gasteiger charge is 2.28. The van der Waals surface area contributed by atoms with Crippen LogP contribution < -0.4 is 5.73 Å². The Kier molecular flexibility index (Phi) is 7.00. The van der Waals surface area contributed by atoms with Gasteiger partial charge in [-0.3, -0.25) is 9.59 Å². The number of rotatable bonds is 7. The smallest absolute Gasteiger partial charge is 0.243 e. The average molecular weight is 396 g/mol. The number of primary amides is 1. The van der Waals surface area contributed by atoms with Crippen molar-refractivity contribution in [2.45, 2.75) is 44.4 Å². The number of aryl methyl sites for hydroxylation is 2. The molecule has 27 heavy (non-hydrogen) atoms. The first kappa shape index (κ1) is 21.4. The number of likely N-dealkylation sites (N-methyl/N-ethyl adjacent to an activating group) is 1. The highest BCUT2D eigenvalue weighted by Crippen LogP contribution is 2.22. The number of hydrogen-bond donors (Lipinski definition) is 1. The Hall–Kier alpha value is -1.93. The normalized spacial score (nSPS) is 17.9. The highest BCUT2D eigenvalue weighted by atomic mass is 32.2. The van der Waals surface area contributed by atoms with Crippen LogP contribution in [0.3, 0.4) is 0 Å². The van der Waals surface area contributed by atoms with E-state index in [0.29, 0.717) is 25.9 Å². The van der Waals surface area contributed by atoms with Crippen LogP contribution in [-0.4, -0.2) is 56.1 Å². The summed E-state index contributed by atoms with van der Waals surface area (Å²) < 4.78 is 26.6. The molecule has 1 aliphatic rings. The second-order valence-electron chi connectivity index (χ2n) is 7.36. The molecule has 0 spiro atoms. The Bertz CT molecular complexity index is 807. The van der Waals surface area contributed by atoms with Crippen molar-refractivity contribution in [3.8, 4) is 0 Å². The van der Waals surface area contributed by atoms with E-state index < -0.39 is 10.0 Å². The summed E-state index contributed by atoms with van der Waals surface area (Å²) in [5.41, 5.74) is 7.11. The van der Waals surface area contributed by atoms with E-state index in [1.807, 2.05) is 13.8 Å². The third kappa shape index (κ3) is 5.52. The number of piperidine rings is 1. The third-order valence-electron chi connectivity index (χ3n) is 5.22. The van der Waals surface area contributed by atoms with Gasteiger partial charge >= 0.3 is 0 Å². The van der Waals surface area contributed by atoms with E-state index in [0.717, 1.165) is 28.3 Å². The van der Waals surface area contributed by atoms with Gasteiger partial charge in [0.05, 0.1) is 11.4 Å². The number of amides is 2. The predicted octanol–water partition coefficient (Wildman–Crippen LogP) is 1.43. The fourth-order valence-corrected chi connectivity index (χ4v) is 4.51. The topological polar surface area (TPSA) is 101 Å². The molecule has 1 aromatic carbocycles. The molecule has 150 valence electrons. The number of carbonyl (C=O) groups is 2. The lowest BCUT2D eigenvalue weighted by molar-refractivity contribution is -0.133. The van der Waals surface area contributed by atoms with E-state index in [1.165, 1.54) is 7.05 Å². The molecule has 2 N–H and O–H groups in total. The number of benzene rings is 1. The minimum Gasteiger partial charge on any atom is -0.370 e. The van der Waals surface area contributed by atoms with Crippen molar-refractivity contribution in [1.29, 1.82) is 0 Å². The molecule has 0 aromatic heterocycles. The predicted molar refractivity (Wildman–Crippen MR) is 103 cm³/mol. The molecule has 0 bridgehead atoms. The second-order valence-corrected chi connectivity index (χ2v) is 9.41. The van der Waals surface area contributed by atoms with Gasteiger partial charge in [-0.1, -0.05) is 6.07 Å². The molecule has 1 heterocycles. The van der Waals surface area contributed by atoms with Gasteiger partial charge in [-0.2, -0.15) is 4.31 Å². The van der Waals surface area contributed by atoms with Gasteiger partial charge in [-0.25, -0.2) is 8.42 Å². The summed E-state index contributed by atoms with van der Waals surface area (Å²) in [5.74, 6) is -0.316. The van der Waals surface area contributed by atoms with Crippen molar-refractivity contribution in [3.05, 3.63) is 29.3 Å². The number of likely N-dealkylation sites (tertiary alicyclic amines) is 1. The lowest BCUT2D eigenvalue weighted by Gasteiger charge is -2.33. The molecule has 1 atom stereocenters. The summed E-state index contributed by atoms with van der Waals surface area (Å²) in [4.78, 5) is 25.5. The van der Waals surface area contributed by atoms with Gasteiger partial charge in [0.25, 0.3) is 0 Å². The van der Waals surface area contributed by atoms with Gasteiger partial charge in [-0.05, 0) is 62.3 Å². The van der Waals surface area contributed by atoms with Crippen LogP contribution in [-0.2, 0) is 19.6 Å². The number of hydrogen-bond acceptors (Lipinski definition) is 4. The zero-order chi connectivity index (χ0) is 20.2. The first-order valence-electron chi connectivity index (χ1n) is 9.21. The molecule has 2 rings (SSSR count). The van der Waals surface area contributed by atoms with Crippen molar-refractivity contribution in [2.24, 2.45) is 11.7 Å². The average Bonchev–Trinajstić information content (AvgIpc) is 2.62. The maximum Gasteiger partial charge on any atom is 0.243 e. The first-order chi connectivity index (χ1) is 12.6. The molecule has 0 saturated carbocycles. The fraction of sp³-hybridized carbons (Fsp3) is 0.579. The summed E-state index contributed by atoms with van der Waals surface area (Å²) >= 11 is 0. The van der Waals surface area contributed by atoms with E-state index in [1.54, 1.807) is 23.1 Å². The van der Waals surface area contributed by atoms with Crippen LogP contribution >= 0.6 is 0 Å². The summed E-state index contributed by atoms with van der Waals surface area (Å²) in [5, 5.41) is 0. The Balaban J connectivity index is 2.01. The van der Waals surface area contributed by atoms with E-state index in [4.69, 9.17) is 5.73 Å². The SMILES string of the molecule is Cc1ccc(S(=O)(=O)N(C)CC(=O)N2CCCC(CCC(N)=O)C2)cc1C. The Morgan fingerprint density at radius 2 is 1.96 bits per heavy atom. The van der Waals surface area contributed by atoms with Gasteiger partial charge in [0.2, 0.25) is 21.8 Å². The Labute approximate surface area is 161 Å². The maximum atomic E-state index is 12.8. The lowest BCUT2D eigenvalue weighted by Crippen LogP contribution is -2.45. The molecule has 1 aromatic rings. The second kappa shape index (κ2) is 8.84. The van der Waals surface area contributed by atoms with Crippen LogP contribution in [0.2, 0.25) is 0 Å². The van der Waals surface area contributed by atoms with Crippen molar-refractivity contribution in [3.63, 3.8) is 0 Å². The molecule has 1 unspecified atom stereocenters. The van der Waals surface area contributed by atoms with Crippen molar-refractivity contribution in [2.75, 3.05) is 26.7 Å². The Morgan fingerprint density at radius 3 is 2.59 bits per heavy atom. The molecule has 1 saturated heterocycles. The third-order valence-corrected chi connectivity index (χ3v) is 7.01. The number of nitrogens with two attached hydrogens (primary N) is 1. The zero-order valence-electron chi connectivity index (χ0n) is 16.3. The molecule has 0 radical (unpaired) electrons. The first-order valence-corrected chi connectivity index (χ1v) is 10.6. The highest BCUT2D eigenvalue weighted by molar-refractivity contribution is 7.89. The largest absolute Gasteiger partial charge is 0.370 e. The molecule has 1 fully saturated rings. The minimum absolute atomic E-state index is 0.193. The monoisotopic (exact) mass is 395 g/mol. The van der Waals surface area contributed by atoms with E-state index in [9.17, 15) is 18.0 Å². The van der Waals surface area contributed by atoms with Crippen LogP contribution in [0.4, 0.5) is 0 Å². The zero-order valence-corrected chi connectivity index (χ0v) is 17.1. The molecule has 2 amide bonds. The molecule has 8 heteroatoms. The Morgan fingerprint density at radius 1 is 1.26 bits per heavy atom. The molecule has 1 aliphatic heterocycles. The van der Waals surface area contributed by atoms with E-state index in [-0.39, 0.29) is 29.2 Å². The van der Waals surface area contributed by atoms with Crippen molar-refractivity contribution < 1.29 is 18.0 Å². The number of nitrogens with zero attached hydrogens (tertiary/aromatic N) is 2. The number of carbonyl (C=O) groups excluding carboxylic acids is 2. The van der Waals surface area contributed by atoms with Crippen LogP contribution in [0, 0.1) is 19.8 Å². The summed E-state index contributed by atoms with van der Waals surface area (Å²) in [7, 11) is -2.29. The van der Waals surface area contributed by atoms with Gasteiger partial charge in [-0.15, -0.1) is 0 Å². The molecule has 0 aliphatic carbocycles. The van der Waals surface area contributed by atoms with Crippen molar-refractivity contribution >= 4 is 21.8 Å². The van der Waals surface area contributed by atoms with E-state index in [2.05, 4.69) is 0 Å². The molecular weight excluding hydrogens is 366 g/mol. The van der Waals surface area contributed by atoms with Crippen LogP contribution in [0.15, 0.2) is 23.1 Å². The van der Waals surface area contributed by atoms with Crippen LogP contribution in [0.1, 0.15) is 36.8 Å². The summed E-state index contributed by atoms with van der Waals surface area (Å²) in [6, 6.07) is 4.97. The van der Waals surface area contributed by atoms with Gasteiger partial charge in [0, 0.05) is 26.6 Å². The quantitative estimate of drug-likeness (QED) is 0.754. The minimum atomic E-state index is -3.72.